The number of nitrogens with one attached hydrogen (secondary N) is 2. The first kappa shape index (κ1) is 18.8. The fourth-order valence-electron chi connectivity index (χ4n) is 3.50. The molecule has 0 radical (unpaired) electrons. The first-order valence-electron chi connectivity index (χ1n) is 9.53. The number of nitrogens with zero attached hydrogens (tertiary/aromatic N) is 1. The number of amides is 1. The van der Waals surface area contributed by atoms with Crippen molar-refractivity contribution in [3.05, 3.63) is 68.8 Å². The number of rotatable bonds is 5. The SMILES string of the molecule is CCCc1c(C(=O)Nc2nc(-c3ccc4[nH]c(=O)oc4c3)cs2)sc2ccccc12. The average molecular weight is 436 g/mol. The standard InChI is InChI=1S/C22H17N3O3S2/c1-2-5-14-13-6-3-4-7-18(13)30-19(14)20(26)25-21-23-16(11-29-21)12-8-9-15-17(10-12)28-22(27)24-15/h3-4,6-11H,2,5H2,1H3,(H,24,27)(H,23,25,26). The van der Waals surface area contributed by atoms with E-state index < -0.39 is 5.76 Å². The minimum Gasteiger partial charge on any atom is -0.408 e. The van der Waals surface area contributed by atoms with Gasteiger partial charge < -0.3 is 4.42 Å². The highest BCUT2D eigenvalue weighted by molar-refractivity contribution is 7.21. The van der Waals surface area contributed by atoms with Crippen molar-refractivity contribution in [2.24, 2.45) is 0 Å². The Morgan fingerprint density at radius 2 is 2.10 bits per heavy atom. The molecule has 6 nitrogen and oxygen atoms in total. The van der Waals surface area contributed by atoms with Crippen LogP contribution in [0.3, 0.4) is 0 Å². The maximum atomic E-state index is 13.0. The molecule has 0 spiro atoms. The van der Waals surface area contributed by atoms with Gasteiger partial charge in [0.05, 0.1) is 16.1 Å². The van der Waals surface area contributed by atoms with Gasteiger partial charge in [-0.15, -0.1) is 22.7 Å². The molecule has 0 saturated carbocycles. The van der Waals surface area contributed by atoms with Gasteiger partial charge in [0.1, 0.15) is 0 Å². The Balaban J connectivity index is 1.43. The van der Waals surface area contributed by atoms with Crippen LogP contribution in [0.4, 0.5) is 5.13 Å². The minimum atomic E-state index is -0.486. The Bertz CT molecular complexity index is 1440. The first-order chi connectivity index (χ1) is 14.6. The Morgan fingerprint density at radius 3 is 2.97 bits per heavy atom. The zero-order chi connectivity index (χ0) is 20.7. The van der Waals surface area contributed by atoms with Crippen molar-refractivity contribution in [3.8, 4) is 11.3 Å². The van der Waals surface area contributed by atoms with Crippen LogP contribution in [0, 0.1) is 0 Å². The third kappa shape index (κ3) is 3.34. The summed E-state index contributed by atoms with van der Waals surface area (Å²) in [4.78, 5) is 32.3. The summed E-state index contributed by atoms with van der Waals surface area (Å²) in [6.45, 7) is 2.12. The second kappa shape index (κ2) is 7.55. The number of carbonyl (C=O) groups excluding carboxylic acids is 1. The number of aryl methyl sites for hydroxylation is 1. The summed E-state index contributed by atoms with van der Waals surface area (Å²) in [5, 5.41) is 6.50. The summed E-state index contributed by atoms with van der Waals surface area (Å²) in [5.74, 6) is -0.618. The van der Waals surface area contributed by atoms with Gasteiger partial charge in [-0.05, 0) is 35.6 Å². The molecule has 3 aromatic heterocycles. The number of thiophene rings is 1. The summed E-state index contributed by atoms with van der Waals surface area (Å²) in [6, 6.07) is 13.5. The predicted octanol–water partition coefficient (Wildman–Crippen LogP) is 5.66. The van der Waals surface area contributed by atoms with Gasteiger partial charge in [-0.25, -0.2) is 9.78 Å². The summed E-state index contributed by atoms with van der Waals surface area (Å²) in [5.41, 5.74) is 3.74. The van der Waals surface area contributed by atoms with E-state index in [9.17, 15) is 9.59 Å². The van der Waals surface area contributed by atoms with Crippen LogP contribution >= 0.6 is 22.7 Å². The van der Waals surface area contributed by atoms with Crippen LogP contribution in [0.15, 0.2) is 57.1 Å². The molecule has 2 aromatic carbocycles. The first-order valence-corrected chi connectivity index (χ1v) is 11.2. The lowest BCUT2D eigenvalue weighted by Gasteiger charge is -2.03. The number of H-pyrrole nitrogens is 1. The molecule has 3 heterocycles. The lowest BCUT2D eigenvalue weighted by molar-refractivity contribution is 0.103. The summed E-state index contributed by atoms with van der Waals surface area (Å²) < 4.78 is 6.24. The molecule has 0 aliphatic heterocycles. The minimum absolute atomic E-state index is 0.132. The number of hydrogen-bond acceptors (Lipinski definition) is 6. The average Bonchev–Trinajstić information content (AvgIpc) is 3.44. The van der Waals surface area contributed by atoms with E-state index in [1.165, 1.54) is 22.7 Å². The molecule has 0 unspecified atom stereocenters. The highest BCUT2D eigenvalue weighted by Gasteiger charge is 2.19. The lowest BCUT2D eigenvalue weighted by atomic mass is 10.1. The van der Waals surface area contributed by atoms with Gasteiger partial charge in [-0.2, -0.15) is 0 Å². The molecule has 0 atom stereocenters. The van der Waals surface area contributed by atoms with Crippen LogP contribution in [0.1, 0.15) is 28.6 Å². The number of aromatic nitrogens is 2. The number of carbonyl (C=O) groups is 1. The lowest BCUT2D eigenvalue weighted by Crippen LogP contribution is -2.12. The second-order valence-electron chi connectivity index (χ2n) is 6.87. The number of thiazole rings is 1. The van der Waals surface area contributed by atoms with Crippen molar-refractivity contribution in [2.45, 2.75) is 19.8 Å². The molecule has 30 heavy (non-hydrogen) atoms. The number of hydrogen-bond donors (Lipinski definition) is 2. The van der Waals surface area contributed by atoms with Crippen LogP contribution in [0.25, 0.3) is 32.4 Å². The van der Waals surface area contributed by atoms with E-state index in [1.807, 2.05) is 29.6 Å². The van der Waals surface area contributed by atoms with E-state index in [0.717, 1.165) is 38.9 Å². The quantitative estimate of drug-likeness (QED) is 0.373. The van der Waals surface area contributed by atoms with E-state index in [2.05, 4.69) is 28.3 Å². The van der Waals surface area contributed by atoms with Crippen LogP contribution in [-0.4, -0.2) is 15.9 Å². The predicted molar refractivity (Wildman–Crippen MR) is 122 cm³/mol. The third-order valence-corrected chi connectivity index (χ3v) is 6.82. The topological polar surface area (TPSA) is 88.0 Å². The van der Waals surface area contributed by atoms with Gasteiger partial charge in [-0.3, -0.25) is 15.1 Å². The Hall–Kier alpha value is -3.23. The van der Waals surface area contributed by atoms with Crippen LogP contribution in [0.2, 0.25) is 0 Å². The van der Waals surface area contributed by atoms with Gasteiger partial charge in [0, 0.05) is 15.6 Å². The maximum Gasteiger partial charge on any atom is 0.417 e. The van der Waals surface area contributed by atoms with Crippen LogP contribution in [-0.2, 0) is 6.42 Å². The van der Waals surface area contributed by atoms with Gasteiger partial charge in [0.25, 0.3) is 5.91 Å². The van der Waals surface area contributed by atoms with Crippen molar-refractivity contribution < 1.29 is 9.21 Å². The molecule has 1 amide bonds. The summed E-state index contributed by atoms with van der Waals surface area (Å²) >= 11 is 2.88. The number of oxazole rings is 1. The number of benzene rings is 2. The Kier molecular flexibility index (Phi) is 4.72. The Labute approximate surface area is 179 Å². The molecule has 5 aromatic rings. The smallest absolute Gasteiger partial charge is 0.408 e. The highest BCUT2D eigenvalue weighted by Crippen LogP contribution is 2.33. The second-order valence-corrected chi connectivity index (χ2v) is 8.78. The monoisotopic (exact) mass is 435 g/mol. The van der Waals surface area contributed by atoms with Crippen LogP contribution in [0.5, 0.6) is 0 Å². The molecular formula is C22H17N3O3S2. The molecule has 5 rings (SSSR count). The van der Waals surface area contributed by atoms with Crippen molar-refractivity contribution in [3.63, 3.8) is 0 Å². The van der Waals surface area contributed by atoms with Crippen molar-refractivity contribution >= 4 is 54.9 Å². The van der Waals surface area contributed by atoms with E-state index >= 15 is 0 Å². The van der Waals surface area contributed by atoms with Gasteiger partial charge in [-0.1, -0.05) is 37.6 Å². The number of anilines is 1. The molecule has 0 fully saturated rings. The van der Waals surface area contributed by atoms with Crippen LogP contribution < -0.4 is 11.1 Å². The molecular weight excluding hydrogens is 418 g/mol. The highest BCUT2D eigenvalue weighted by atomic mass is 32.1. The summed E-state index contributed by atoms with van der Waals surface area (Å²) in [7, 11) is 0. The normalized spacial score (nSPS) is 11.4. The van der Waals surface area contributed by atoms with Gasteiger partial charge >= 0.3 is 5.76 Å². The number of aromatic amines is 1. The fraction of sp³-hybridized carbons (Fsp3) is 0.136. The Morgan fingerprint density at radius 1 is 1.23 bits per heavy atom. The molecule has 0 aliphatic carbocycles. The van der Waals surface area contributed by atoms with E-state index in [0.29, 0.717) is 21.9 Å². The molecule has 0 aliphatic rings. The third-order valence-electron chi connectivity index (χ3n) is 4.85. The largest absolute Gasteiger partial charge is 0.417 e. The van der Waals surface area contributed by atoms with Gasteiger partial charge in [0.2, 0.25) is 0 Å². The fourth-order valence-corrected chi connectivity index (χ4v) is 5.36. The van der Waals surface area contributed by atoms with Crippen molar-refractivity contribution in [1.82, 2.24) is 9.97 Å². The van der Waals surface area contributed by atoms with Crippen molar-refractivity contribution in [2.75, 3.05) is 5.32 Å². The molecule has 0 bridgehead atoms. The van der Waals surface area contributed by atoms with Crippen molar-refractivity contribution in [1.29, 1.82) is 0 Å². The van der Waals surface area contributed by atoms with E-state index in [4.69, 9.17) is 4.42 Å². The molecule has 8 heteroatoms. The maximum absolute atomic E-state index is 13.0. The molecule has 150 valence electrons. The zero-order valence-corrected chi connectivity index (χ0v) is 17.7. The van der Waals surface area contributed by atoms with Gasteiger partial charge in [0.15, 0.2) is 10.7 Å². The van der Waals surface area contributed by atoms with E-state index in [-0.39, 0.29) is 5.91 Å². The number of fused-ring (bicyclic) bond motifs is 2. The van der Waals surface area contributed by atoms with E-state index in [1.54, 1.807) is 12.1 Å². The molecule has 2 N–H and O–H groups in total. The summed E-state index contributed by atoms with van der Waals surface area (Å²) in [6.07, 6.45) is 1.83. The zero-order valence-electron chi connectivity index (χ0n) is 16.0. The molecule has 0 saturated heterocycles.